The largest absolute Gasteiger partial charge is 0.480 e. The van der Waals surface area contributed by atoms with E-state index in [9.17, 15) is 23.8 Å². The fraction of sp³-hybridized carbons (Fsp3) is 0.865. The maximum atomic E-state index is 12.5. The second-order valence-electron chi connectivity index (χ2n) is 13.1. The summed E-state index contributed by atoms with van der Waals surface area (Å²) in [6, 6.07) is -1.52. The predicted octanol–water partition coefficient (Wildman–Crippen LogP) is 9.34. The van der Waals surface area contributed by atoms with Gasteiger partial charge in [-0.25, -0.2) is 4.57 Å². The summed E-state index contributed by atoms with van der Waals surface area (Å²) in [4.78, 5) is 45.7. The molecule has 49 heavy (non-hydrogen) atoms. The van der Waals surface area contributed by atoms with Crippen LogP contribution in [0.25, 0.3) is 0 Å². The molecule has 0 bridgehead atoms. The highest BCUT2D eigenvalue weighted by Crippen LogP contribution is 2.43. The Bertz CT molecular complexity index is 900. The quantitative estimate of drug-likeness (QED) is 0.0244. The number of carbonyl (C=O) groups excluding carboxylic acids is 2. The summed E-state index contributed by atoms with van der Waals surface area (Å²) in [5, 5.41) is 8.85. The predicted molar refractivity (Wildman–Crippen MR) is 194 cm³/mol. The summed E-state index contributed by atoms with van der Waals surface area (Å²) in [6.07, 6.45) is 30.0. The van der Waals surface area contributed by atoms with Crippen molar-refractivity contribution in [2.75, 3.05) is 19.8 Å². The topological polar surface area (TPSA) is 172 Å². The third-order valence-electron chi connectivity index (χ3n) is 8.26. The molecule has 0 aromatic rings. The zero-order valence-electron chi connectivity index (χ0n) is 30.8. The second-order valence-corrected chi connectivity index (χ2v) is 14.5. The Morgan fingerprint density at radius 1 is 0.612 bits per heavy atom. The zero-order chi connectivity index (χ0) is 36.4. The summed E-state index contributed by atoms with van der Waals surface area (Å²) in [6.45, 7) is 2.74. The average Bonchev–Trinajstić information content (AvgIpc) is 3.07. The Labute approximate surface area is 297 Å². The number of phosphoric ester groups is 1. The summed E-state index contributed by atoms with van der Waals surface area (Å²) in [5.74, 6) is -2.38. The van der Waals surface area contributed by atoms with Gasteiger partial charge < -0.3 is 25.2 Å². The van der Waals surface area contributed by atoms with Gasteiger partial charge in [-0.1, -0.05) is 142 Å². The van der Waals surface area contributed by atoms with Crippen molar-refractivity contribution in [2.45, 2.75) is 187 Å². The molecule has 0 heterocycles. The molecule has 0 radical (unpaired) electrons. The Hall–Kier alpha value is -1.78. The molecule has 0 saturated carbocycles. The van der Waals surface area contributed by atoms with Gasteiger partial charge in [0.25, 0.3) is 0 Å². The van der Waals surface area contributed by atoms with E-state index in [0.29, 0.717) is 12.8 Å². The molecule has 0 aromatic carbocycles. The van der Waals surface area contributed by atoms with E-state index in [4.69, 9.17) is 24.8 Å². The number of carboxylic acid groups (broad SMARTS) is 1. The molecule has 12 heteroatoms. The van der Waals surface area contributed by atoms with Crippen LogP contribution in [0.2, 0.25) is 0 Å². The molecule has 3 atom stereocenters. The van der Waals surface area contributed by atoms with Crippen LogP contribution in [0, 0.1) is 0 Å². The minimum Gasteiger partial charge on any atom is -0.480 e. The Balaban J connectivity index is 4.43. The minimum atomic E-state index is -4.70. The maximum Gasteiger partial charge on any atom is 0.472 e. The molecule has 0 aliphatic carbocycles. The molecule has 4 N–H and O–H groups in total. The van der Waals surface area contributed by atoms with Crippen molar-refractivity contribution in [1.82, 2.24) is 0 Å². The van der Waals surface area contributed by atoms with Gasteiger partial charge in [0.2, 0.25) is 0 Å². The van der Waals surface area contributed by atoms with Crippen LogP contribution in [0.4, 0.5) is 0 Å². The van der Waals surface area contributed by atoms with E-state index >= 15 is 0 Å². The molecule has 0 fully saturated rings. The van der Waals surface area contributed by atoms with Gasteiger partial charge in [0, 0.05) is 12.8 Å². The molecule has 288 valence electrons. The first kappa shape index (κ1) is 47.2. The molecule has 11 nitrogen and oxygen atoms in total. The van der Waals surface area contributed by atoms with Crippen LogP contribution in [0.1, 0.15) is 174 Å². The van der Waals surface area contributed by atoms with Gasteiger partial charge in [0.05, 0.1) is 13.2 Å². The van der Waals surface area contributed by atoms with Crippen LogP contribution >= 0.6 is 7.82 Å². The molecule has 0 aliphatic heterocycles. The number of ether oxygens (including phenoxy) is 2. The fourth-order valence-electron chi connectivity index (χ4n) is 5.16. The van der Waals surface area contributed by atoms with Gasteiger partial charge in [-0.3, -0.25) is 23.4 Å². The summed E-state index contributed by atoms with van der Waals surface area (Å²) >= 11 is 0. The van der Waals surface area contributed by atoms with Crippen LogP contribution in [-0.2, 0) is 37.5 Å². The highest BCUT2D eigenvalue weighted by atomic mass is 31.2. The van der Waals surface area contributed by atoms with Crippen LogP contribution in [0.5, 0.6) is 0 Å². The lowest BCUT2D eigenvalue weighted by molar-refractivity contribution is -0.161. The van der Waals surface area contributed by atoms with E-state index in [-0.39, 0.29) is 19.4 Å². The fourth-order valence-corrected chi connectivity index (χ4v) is 5.94. The van der Waals surface area contributed by atoms with Gasteiger partial charge in [-0.15, -0.1) is 0 Å². The van der Waals surface area contributed by atoms with E-state index < -0.39 is 51.1 Å². The molecule has 0 spiro atoms. The minimum absolute atomic E-state index is 0.164. The van der Waals surface area contributed by atoms with Gasteiger partial charge >= 0.3 is 25.7 Å². The molecule has 0 saturated heterocycles. The number of hydrogen-bond acceptors (Lipinski definition) is 9. The van der Waals surface area contributed by atoms with Gasteiger partial charge in [0.15, 0.2) is 6.10 Å². The van der Waals surface area contributed by atoms with E-state index in [0.717, 1.165) is 57.8 Å². The summed E-state index contributed by atoms with van der Waals surface area (Å²) in [7, 11) is -4.70. The third-order valence-corrected chi connectivity index (χ3v) is 9.21. The number of carbonyl (C=O) groups is 3. The molecular weight excluding hydrogens is 649 g/mol. The lowest BCUT2D eigenvalue weighted by atomic mass is 10.0. The summed E-state index contributed by atoms with van der Waals surface area (Å²) < 4.78 is 32.5. The molecule has 0 amide bonds. The van der Waals surface area contributed by atoms with E-state index in [1.165, 1.54) is 77.0 Å². The summed E-state index contributed by atoms with van der Waals surface area (Å²) in [5.41, 5.74) is 5.31. The first-order valence-corrected chi connectivity index (χ1v) is 20.7. The maximum absolute atomic E-state index is 12.5. The van der Waals surface area contributed by atoms with Crippen molar-refractivity contribution in [2.24, 2.45) is 5.73 Å². The third kappa shape index (κ3) is 33.1. The molecule has 0 aliphatic rings. The van der Waals surface area contributed by atoms with E-state index in [1.54, 1.807) is 0 Å². The Morgan fingerprint density at radius 2 is 1.04 bits per heavy atom. The van der Waals surface area contributed by atoms with Crippen molar-refractivity contribution < 1.29 is 47.5 Å². The number of nitrogens with two attached hydrogens (primary N) is 1. The molecular formula is C37H70NO10P. The number of allylic oxidation sites excluding steroid dienone is 2. The van der Waals surface area contributed by atoms with E-state index in [1.807, 2.05) is 0 Å². The monoisotopic (exact) mass is 719 g/mol. The number of aliphatic carboxylic acids is 1. The highest BCUT2D eigenvalue weighted by Gasteiger charge is 2.28. The number of hydrogen-bond donors (Lipinski definition) is 3. The SMILES string of the molecule is CCCC/C=C/CCCCCCCC(=O)OC[C@H](COP(=O)(O)OC[C@H](N)C(=O)O)OC(=O)CCCCCCCCCCCCCCCC. The highest BCUT2D eigenvalue weighted by molar-refractivity contribution is 7.47. The van der Waals surface area contributed by atoms with E-state index in [2.05, 4.69) is 30.5 Å². The van der Waals surface area contributed by atoms with Crippen LogP contribution in [0.3, 0.4) is 0 Å². The van der Waals surface area contributed by atoms with Crippen LogP contribution < -0.4 is 5.73 Å². The van der Waals surface area contributed by atoms with Crippen molar-refractivity contribution in [3.8, 4) is 0 Å². The zero-order valence-corrected chi connectivity index (χ0v) is 31.7. The number of phosphoric acid groups is 1. The number of esters is 2. The van der Waals surface area contributed by atoms with Crippen LogP contribution in [-0.4, -0.2) is 59.9 Å². The first-order valence-electron chi connectivity index (χ1n) is 19.2. The lowest BCUT2D eigenvalue weighted by Crippen LogP contribution is -2.34. The average molecular weight is 720 g/mol. The molecule has 0 rings (SSSR count). The number of rotatable bonds is 36. The molecule has 0 aromatic heterocycles. The number of unbranched alkanes of at least 4 members (excludes halogenated alkanes) is 20. The molecule has 1 unspecified atom stereocenters. The van der Waals surface area contributed by atoms with Gasteiger partial charge in [-0.05, 0) is 32.1 Å². The van der Waals surface area contributed by atoms with Gasteiger partial charge in [-0.2, -0.15) is 0 Å². The standard InChI is InChI=1S/C37H70NO10P/c1-3-5-7-9-11-13-15-16-17-19-21-23-25-27-29-36(40)48-33(31-46-49(43,44)47-32-34(38)37(41)42)30-45-35(39)28-26-24-22-20-18-14-12-10-8-6-4-2/h10,12,33-34H,3-9,11,13-32,38H2,1-2H3,(H,41,42)(H,43,44)/b12-10+/t33-,34+/m1/s1. The van der Waals surface area contributed by atoms with Gasteiger partial charge in [0.1, 0.15) is 12.6 Å². The number of carboxylic acids is 1. The van der Waals surface area contributed by atoms with Crippen molar-refractivity contribution >= 4 is 25.7 Å². The van der Waals surface area contributed by atoms with Crippen molar-refractivity contribution in [3.63, 3.8) is 0 Å². The smallest absolute Gasteiger partial charge is 0.472 e. The van der Waals surface area contributed by atoms with Crippen molar-refractivity contribution in [1.29, 1.82) is 0 Å². The van der Waals surface area contributed by atoms with Crippen LogP contribution in [0.15, 0.2) is 12.2 Å². The lowest BCUT2D eigenvalue weighted by Gasteiger charge is -2.20. The first-order chi connectivity index (χ1) is 23.6. The Kier molecular flexibility index (Phi) is 32.2. The van der Waals surface area contributed by atoms with Crippen molar-refractivity contribution in [3.05, 3.63) is 12.2 Å². The Morgan fingerprint density at radius 3 is 1.55 bits per heavy atom. The second kappa shape index (κ2) is 33.4. The normalized spacial score (nSPS) is 14.0.